The van der Waals surface area contributed by atoms with Gasteiger partial charge in [0.05, 0.1) is 11.4 Å². The summed E-state index contributed by atoms with van der Waals surface area (Å²) in [5, 5.41) is 18.3. The van der Waals surface area contributed by atoms with E-state index in [-0.39, 0.29) is 5.75 Å². The molecule has 112 valence electrons. The molecule has 1 N–H and O–H groups in total. The highest BCUT2D eigenvalue weighted by atomic mass is 35.5. The molecule has 2 rings (SSSR count). The van der Waals surface area contributed by atoms with E-state index in [1.54, 1.807) is 0 Å². The number of rotatable bonds is 6. The Kier molecular flexibility index (Phi) is 5.25. The minimum Gasteiger partial charge on any atom is -0.481 e. The van der Waals surface area contributed by atoms with Crippen LogP contribution >= 0.6 is 23.4 Å². The first-order chi connectivity index (χ1) is 10.0. The summed E-state index contributed by atoms with van der Waals surface area (Å²) in [5.41, 5.74) is 1.84. The molecule has 0 saturated carbocycles. The highest BCUT2D eigenvalue weighted by molar-refractivity contribution is 7.99. The highest BCUT2D eigenvalue weighted by Gasteiger charge is 2.15. The molecule has 7 heteroatoms. The first kappa shape index (κ1) is 15.9. The van der Waals surface area contributed by atoms with Crippen LogP contribution in [0.1, 0.15) is 24.7 Å². The third kappa shape index (κ3) is 3.77. The van der Waals surface area contributed by atoms with Crippen molar-refractivity contribution < 1.29 is 9.90 Å². The number of hydrogen-bond donors (Lipinski definition) is 1. The zero-order chi connectivity index (χ0) is 15.4. The number of aryl methyl sites for hydroxylation is 2. The van der Waals surface area contributed by atoms with E-state index < -0.39 is 5.97 Å². The van der Waals surface area contributed by atoms with Crippen LogP contribution in [0.5, 0.6) is 0 Å². The molecule has 0 unspecified atom stereocenters. The smallest absolute Gasteiger partial charge is 0.313 e. The fraction of sp³-hybridized carbons (Fsp3) is 0.357. The second-order valence-electron chi connectivity index (χ2n) is 4.60. The van der Waals surface area contributed by atoms with Gasteiger partial charge in [-0.05, 0) is 31.0 Å². The lowest BCUT2D eigenvalue weighted by Gasteiger charge is -2.10. The summed E-state index contributed by atoms with van der Waals surface area (Å²) in [6.07, 6.45) is 1.70. The molecule has 0 aliphatic heterocycles. The standard InChI is InChI=1S/C14H16ClN3O2S/c1-3-4-12-16-17-14(21-8-13(19)20)18(12)10-6-5-9(2)11(15)7-10/h5-7H,3-4,8H2,1-2H3,(H,19,20). The van der Waals surface area contributed by atoms with Crippen molar-refractivity contribution in [3.63, 3.8) is 0 Å². The summed E-state index contributed by atoms with van der Waals surface area (Å²) in [5.74, 6) is -0.122. The Balaban J connectivity index is 2.44. The van der Waals surface area contributed by atoms with Crippen LogP contribution < -0.4 is 0 Å². The molecule has 0 saturated heterocycles. The summed E-state index contributed by atoms with van der Waals surface area (Å²) in [6.45, 7) is 4.00. The molecule has 0 bridgehead atoms. The van der Waals surface area contributed by atoms with Gasteiger partial charge in [-0.2, -0.15) is 0 Å². The van der Waals surface area contributed by atoms with Crippen LogP contribution in [0.3, 0.4) is 0 Å². The largest absolute Gasteiger partial charge is 0.481 e. The zero-order valence-corrected chi connectivity index (χ0v) is 13.4. The lowest BCUT2D eigenvalue weighted by Crippen LogP contribution is -2.05. The third-order valence-corrected chi connectivity index (χ3v) is 4.23. The number of aliphatic carboxylic acids is 1. The van der Waals surface area contributed by atoms with Gasteiger partial charge in [0.1, 0.15) is 5.82 Å². The second kappa shape index (κ2) is 6.95. The van der Waals surface area contributed by atoms with Crippen LogP contribution in [-0.4, -0.2) is 31.6 Å². The molecule has 1 heterocycles. The third-order valence-electron chi connectivity index (χ3n) is 2.91. The molecule has 0 spiro atoms. The van der Waals surface area contributed by atoms with Gasteiger partial charge >= 0.3 is 5.97 Å². The Morgan fingerprint density at radius 3 is 2.81 bits per heavy atom. The van der Waals surface area contributed by atoms with Crippen molar-refractivity contribution in [2.24, 2.45) is 0 Å². The number of nitrogens with zero attached hydrogens (tertiary/aromatic N) is 3. The molecule has 5 nitrogen and oxygen atoms in total. The quantitative estimate of drug-likeness (QED) is 0.825. The van der Waals surface area contributed by atoms with E-state index in [0.717, 1.165) is 41.7 Å². The Morgan fingerprint density at radius 2 is 2.19 bits per heavy atom. The molecule has 2 aromatic rings. The number of hydrogen-bond acceptors (Lipinski definition) is 4. The van der Waals surface area contributed by atoms with Gasteiger partial charge in [-0.1, -0.05) is 36.4 Å². The van der Waals surface area contributed by atoms with Crippen LogP contribution in [0.4, 0.5) is 0 Å². The molecule has 0 amide bonds. The fourth-order valence-electron chi connectivity index (χ4n) is 1.89. The topological polar surface area (TPSA) is 68.0 Å². The summed E-state index contributed by atoms with van der Waals surface area (Å²) >= 11 is 7.34. The van der Waals surface area contributed by atoms with Gasteiger partial charge in [0.25, 0.3) is 0 Å². The van der Waals surface area contributed by atoms with Gasteiger partial charge in [-0.25, -0.2) is 0 Å². The SMILES string of the molecule is CCCc1nnc(SCC(=O)O)n1-c1ccc(C)c(Cl)c1. The van der Waals surface area contributed by atoms with E-state index in [0.29, 0.717) is 10.2 Å². The van der Waals surface area contributed by atoms with E-state index in [4.69, 9.17) is 16.7 Å². The average molecular weight is 326 g/mol. The normalized spacial score (nSPS) is 10.8. The molecule has 1 aromatic heterocycles. The molecular formula is C14H16ClN3O2S. The number of benzene rings is 1. The van der Waals surface area contributed by atoms with Gasteiger partial charge < -0.3 is 5.11 Å². The summed E-state index contributed by atoms with van der Waals surface area (Å²) < 4.78 is 1.88. The van der Waals surface area contributed by atoms with Crippen LogP contribution in [0.15, 0.2) is 23.4 Å². The van der Waals surface area contributed by atoms with Crippen molar-refractivity contribution in [2.45, 2.75) is 31.8 Å². The molecule has 0 fully saturated rings. The summed E-state index contributed by atoms with van der Waals surface area (Å²) in [6, 6.07) is 5.72. The highest BCUT2D eigenvalue weighted by Crippen LogP contribution is 2.26. The fourth-order valence-corrected chi connectivity index (χ4v) is 2.75. The van der Waals surface area contributed by atoms with Gasteiger partial charge in [0.15, 0.2) is 5.16 Å². The van der Waals surface area contributed by atoms with Gasteiger partial charge in [0.2, 0.25) is 0 Å². The zero-order valence-electron chi connectivity index (χ0n) is 11.8. The molecule has 0 aliphatic rings. The Hall–Kier alpha value is -1.53. The van der Waals surface area contributed by atoms with Gasteiger partial charge in [-0.15, -0.1) is 10.2 Å². The maximum absolute atomic E-state index is 10.8. The number of aromatic nitrogens is 3. The van der Waals surface area contributed by atoms with E-state index in [1.165, 1.54) is 0 Å². The maximum atomic E-state index is 10.8. The molecule has 1 aromatic carbocycles. The average Bonchev–Trinajstić information content (AvgIpc) is 2.83. The van der Waals surface area contributed by atoms with Gasteiger partial charge in [-0.3, -0.25) is 9.36 Å². The first-order valence-corrected chi connectivity index (χ1v) is 7.94. The summed E-state index contributed by atoms with van der Waals surface area (Å²) in [4.78, 5) is 10.8. The van der Waals surface area contributed by atoms with Crippen molar-refractivity contribution in [1.29, 1.82) is 0 Å². The summed E-state index contributed by atoms with van der Waals surface area (Å²) in [7, 11) is 0. The minimum absolute atomic E-state index is 0.0517. The molecular weight excluding hydrogens is 310 g/mol. The molecule has 0 radical (unpaired) electrons. The van der Waals surface area contributed by atoms with Crippen molar-refractivity contribution in [1.82, 2.24) is 14.8 Å². The van der Waals surface area contributed by atoms with Crippen LogP contribution in [0, 0.1) is 6.92 Å². The Labute approximate surface area is 132 Å². The first-order valence-electron chi connectivity index (χ1n) is 6.58. The van der Waals surface area contributed by atoms with E-state index >= 15 is 0 Å². The minimum atomic E-state index is -0.881. The molecule has 0 aliphatic carbocycles. The van der Waals surface area contributed by atoms with E-state index in [2.05, 4.69) is 17.1 Å². The van der Waals surface area contributed by atoms with E-state index in [1.807, 2.05) is 29.7 Å². The van der Waals surface area contributed by atoms with Crippen molar-refractivity contribution in [3.8, 4) is 5.69 Å². The van der Waals surface area contributed by atoms with Crippen LogP contribution in [-0.2, 0) is 11.2 Å². The lowest BCUT2D eigenvalue weighted by atomic mass is 10.2. The van der Waals surface area contributed by atoms with Crippen molar-refractivity contribution in [2.75, 3.05) is 5.75 Å². The predicted octanol–water partition coefficient (Wildman–Crippen LogP) is 3.36. The number of carbonyl (C=O) groups is 1. The number of thioether (sulfide) groups is 1. The van der Waals surface area contributed by atoms with Crippen LogP contribution in [0.25, 0.3) is 5.69 Å². The predicted molar refractivity (Wildman–Crippen MR) is 83.5 cm³/mol. The lowest BCUT2D eigenvalue weighted by molar-refractivity contribution is -0.133. The Morgan fingerprint density at radius 1 is 1.43 bits per heavy atom. The van der Waals surface area contributed by atoms with Gasteiger partial charge in [0, 0.05) is 11.4 Å². The van der Waals surface area contributed by atoms with Crippen molar-refractivity contribution in [3.05, 3.63) is 34.6 Å². The molecule has 0 atom stereocenters. The molecule has 21 heavy (non-hydrogen) atoms. The Bertz CT molecular complexity index is 658. The number of carboxylic acid groups (broad SMARTS) is 1. The monoisotopic (exact) mass is 325 g/mol. The number of carboxylic acids is 1. The maximum Gasteiger partial charge on any atom is 0.313 e. The number of halogens is 1. The van der Waals surface area contributed by atoms with E-state index in [9.17, 15) is 4.79 Å². The van der Waals surface area contributed by atoms with Crippen molar-refractivity contribution >= 4 is 29.3 Å². The second-order valence-corrected chi connectivity index (χ2v) is 5.95. The van der Waals surface area contributed by atoms with Crippen LogP contribution in [0.2, 0.25) is 5.02 Å².